The second kappa shape index (κ2) is 3.71. The molecule has 0 unspecified atom stereocenters. The van der Waals surface area contributed by atoms with Crippen LogP contribution in [0.25, 0.3) is 37.1 Å². The Hall–Kier alpha value is -2.66. The molecule has 5 rings (SSSR count). The van der Waals surface area contributed by atoms with Crippen LogP contribution in [0.3, 0.4) is 0 Å². The molecule has 0 saturated carbocycles. The number of hydrogen-bond acceptors (Lipinski definition) is 3. The van der Waals surface area contributed by atoms with Gasteiger partial charge in [-0.2, -0.15) is 0 Å². The lowest BCUT2D eigenvalue weighted by Crippen LogP contribution is -2.13. The first kappa shape index (κ1) is 11.0. The van der Waals surface area contributed by atoms with Gasteiger partial charge in [-0.25, -0.2) is 9.38 Å². The Morgan fingerprint density at radius 3 is 2.81 bits per heavy atom. The zero-order valence-corrected chi connectivity index (χ0v) is 11.6. The molecule has 21 heavy (non-hydrogen) atoms. The van der Waals surface area contributed by atoms with Gasteiger partial charge in [0.2, 0.25) is 0 Å². The van der Waals surface area contributed by atoms with E-state index in [1.807, 2.05) is 48.5 Å². The number of aromatic amines is 1. The highest BCUT2D eigenvalue weighted by Gasteiger charge is 2.14. The summed E-state index contributed by atoms with van der Waals surface area (Å²) in [6, 6.07) is 15.8. The number of nitrogens with zero attached hydrogens (tertiary/aromatic N) is 2. The summed E-state index contributed by atoms with van der Waals surface area (Å²) in [4.78, 5) is 21.5. The van der Waals surface area contributed by atoms with Gasteiger partial charge in [-0.05, 0) is 18.2 Å². The predicted molar refractivity (Wildman–Crippen MR) is 86.2 cm³/mol. The molecule has 3 heterocycles. The minimum Gasteiger partial charge on any atom is -0.349 e. The van der Waals surface area contributed by atoms with Crippen LogP contribution in [-0.4, -0.2) is 14.4 Å². The van der Waals surface area contributed by atoms with Crippen LogP contribution in [0.15, 0.2) is 53.3 Å². The van der Waals surface area contributed by atoms with E-state index in [0.29, 0.717) is 5.52 Å². The van der Waals surface area contributed by atoms with Crippen molar-refractivity contribution in [1.82, 2.24) is 14.4 Å². The first-order valence-corrected chi connectivity index (χ1v) is 7.45. The molecule has 4 nitrogen and oxygen atoms in total. The lowest BCUT2D eigenvalue weighted by Gasteiger charge is -1.95. The number of benzene rings is 2. The maximum Gasteiger partial charge on any atom is 0.283 e. The third kappa shape index (κ3) is 1.33. The van der Waals surface area contributed by atoms with E-state index in [-0.39, 0.29) is 5.56 Å². The second-order valence-electron chi connectivity index (χ2n) is 5.00. The van der Waals surface area contributed by atoms with Gasteiger partial charge in [-0.15, -0.1) is 0 Å². The van der Waals surface area contributed by atoms with Crippen LogP contribution in [-0.2, 0) is 0 Å². The predicted octanol–water partition coefficient (Wildman–Crippen LogP) is 3.54. The summed E-state index contributed by atoms with van der Waals surface area (Å²) in [7, 11) is 0. The Bertz CT molecular complexity index is 1210. The number of thiazole rings is 1. The molecule has 2 aromatic carbocycles. The molecule has 0 aliphatic heterocycles. The van der Waals surface area contributed by atoms with Crippen LogP contribution >= 0.6 is 11.3 Å². The molecule has 100 valence electrons. The van der Waals surface area contributed by atoms with Crippen LogP contribution in [0.5, 0.6) is 0 Å². The van der Waals surface area contributed by atoms with Gasteiger partial charge in [0, 0.05) is 10.9 Å². The average Bonchev–Trinajstić information content (AvgIpc) is 3.06. The van der Waals surface area contributed by atoms with Crippen LogP contribution in [0, 0.1) is 0 Å². The first-order valence-electron chi connectivity index (χ1n) is 6.64. The average molecular weight is 291 g/mol. The number of hydrogen-bond donors (Lipinski definition) is 1. The fourth-order valence-corrected chi connectivity index (χ4v) is 3.87. The van der Waals surface area contributed by atoms with Crippen LogP contribution in [0.4, 0.5) is 0 Å². The number of rotatable bonds is 0. The quantitative estimate of drug-likeness (QED) is 0.474. The van der Waals surface area contributed by atoms with Gasteiger partial charge in [0.1, 0.15) is 11.0 Å². The zero-order chi connectivity index (χ0) is 14.0. The standard InChI is InChI=1S/C16H9N3OS/c20-15-14-13(9-5-1-2-6-10(9)17-14)18-16-19(15)11-7-3-4-8-12(11)21-16/h1-8,17H. The summed E-state index contributed by atoms with van der Waals surface area (Å²) < 4.78 is 2.76. The molecule has 5 aromatic rings. The van der Waals surface area contributed by atoms with E-state index in [4.69, 9.17) is 4.98 Å². The molecule has 3 aromatic heterocycles. The Morgan fingerprint density at radius 2 is 1.86 bits per heavy atom. The Kier molecular flexibility index (Phi) is 1.95. The third-order valence-electron chi connectivity index (χ3n) is 3.80. The summed E-state index contributed by atoms with van der Waals surface area (Å²) in [6.07, 6.45) is 0. The van der Waals surface area contributed by atoms with E-state index >= 15 is 0 Å². The van der Waals surface area contributed by atoms with Crippen LogP contribution in [0.2, 0.25) is 0 Å². The lowest BCUT2D eigenvalue weighted by molar-refractivity contribution is 1.15. The van der Waals surface area contributed by atoms with Crippen molar-refractivity contribution in [2.75, 3.05) is 0 Å². The summed E-state index contributed by atoms with van der Waals surface area (Å²) in [6.45, 7) is 0. The van der Waals surface area contributed by atoms with Gasteiger partial charge >= 0.3 is 0 Å². The van der Waals surface area contributed by atoms with Crippen LogP contribution in [0.1, 0.15) is 0 Å². The van der Waals surface area contributed by atoms with Gasteiger partial charge in [-0.3, -0.25) is 4.79 Å². The van der Waals surface area contributed by atoms with E-state index in [2.05, 4.69) is 4.98 Å². The molecule has 0 atom stereocenters. The topological polar surface area (TPSA) is 50.2 Å². The van der Waals surface area contributed by atoms with Crippen LogP contribution < -0.4 is 5.56 Å². The normalized spacial score (nSPS) is 12.0. The molecule has 0 spiro atoms. The number of aromatic nitrogens is 3. The molecule has 0 aliphatic carbocycles. The Labute approximate surface area is 122 Å². The molecular formula is C16H9N3OS. The van der Waals surface area contributed by atoms with Gasteiger partial charge < -0.3 is 4.98 Å². The van der Waals surface area contributed by atoms with Crippen molar-refractivity contribution >= 4 is 48.5 Å². The fraction of sp³-hybridized carbons (Fsp3) is 0. The van der Waals surface area contributed by atoms with E-state index in [1.54, 1.807) is 15.7 Å². The number of fused-ring (bicyclic) bond motifs is 6. The Morgan fingerprint density at radius 1 is 1.05 bits per heavy atom. The molecule has 1 N–H and O–H groups in total. The molecular weight excluding hydrogens is 282 g/mol. The fourth-order valence-electron chi connectivity index (χ4n) is 2.85. The number of para-hydroxylation sites is 2. The molecule has 0 saturated heterocycles. The molecule has 0 radical (unpaired) electrons. The van der Waals surface area contributed by atoms with Crippen molar-refractivity contribution in [3.05, 3.63) is 58.9 Å². The smallest absolute Gasteiger partial charge is 0.283 e. The van der Waals surface area contributed by atoms with Crippen molar-refractivity contribution in [1.29, 1.82) is 0 Å². The monoisotopic (exact) mass is 291 g/mol. The van der Waals surface area contributed by atoms with Crippen molar-refractivity contribution < 1.29 is 0 Å². The van der Waals surface area contributed by atoms with Gasteiger partial charge in [0.25, 0.3) is 5.56 Å². The van der Waals surface area contributed by atoms with Gasteiger partial charge in [0.15, 0.2) is 4.96 Å². The van der Waals surface area contributed by atoms with E-state index in [0.717, 1.165) is 31.6 Å². The minimum atomic E-state index is -0.0383. The van der Waals surface area contributed by atoms with E-state index in [9.17, 15) is 4.79 Å². The summed E-state index contributed by atoms with van der Waals surface area (Å²) in [5.41, 5.74) is 3.14. The molecule has 0 bridgehead atoms. The van der Waals surface area contributed by atoms with Crippen molar-refractivity contribution in [3.8, 4) is 0 Å². The minimum absolute atomic E-state index is 0.0383. The van der Waals surface area contributed by atoms with Crippen molar-refractivity contribution in [2.45, 2.75) is 0 Å². The summed E-state index contributed by atoms with van der Waals surface area (Å²) in [5, 5.41) is 0.990. The molecule has 0 aliphatic rings. The number of H-pyrrole nitrogens is 1. The SMILES string of the molecule is O=c1c2[nH]c3ccccc3c2nc2sc3ccccc3n12. The molecule has 5 heteroatoms. The van der Waals surface area contributed by atoms with Gasteiger partial charge in [0.05, 0.1) is 10.2 Å². The maximum absolute atomic E-state index is 12.8. The largest absolute Gasteiger partial charge is 0.349 e. The number of nitrogens with one attached hydrogen (secondary N) is 1. The highest BCUT2D eigenvalue weighted by Crippen LogP contribution is 2.27. The third-order valence-corrected chi connectivity index (χ3v) is 4.82. The van der Waals surface area contributed by atoms with Gasteiger partial charge in [-0.1, -0.05) is 41.7 Å². The lowest BCUT2D eigenvalue weighted by atomic mass is 10.2. The van der Waals surface area contributed by atoms with Crippen molar-refractivity contribution in [2.24, 2.45) is 0 Å². The summed E-state index contributed by atoms with van der Waals surface area (Å²) >= 11 is 1.54. The zero-order valence-electron chi connectivity index (χ0n) is 10.8. The highest BCUT2D eigenvalue weighted by atomic mass is 32.1. The maximum atomic E-state index is 12.8. The molecule has 0 fully saturated rings. The Balaban J connectivity index is 2.13. The first-order chi connectivity index (χ1) is 10.3. The second-order valence-corrected chi connectivity index (χ2v) is 6.01. The highest BCUT2D eigenvalue weighted by molar-refractivity contribution is 7.23. The summed E-state index contributed by atoms with van der Waals surface area (Å²) in [5.74, 6) is 0. The van der Waals surface area contributed by atoms with E-state index < -0.39 is 0 Å². The van der Waals surface area contributed by atoms with Crippen molar-refractivity contribution in [3.63, 3.8) is 0 Å². The van der Waals surface area contributed by atoms with E-state index in [1.165, 1.54) is 0 Å². The molecule has 0 amide bonds.